The van der Waals surface area contributed by atoms with E-state index < -0.39 is 5.97 Å². The van der Waals surface area contributed by atoms with Crippen LogP contribution < -0.4 is 5.73 Å². The van der Waals surface area contributed by atoms with Crippen molar-refractivity contribution < 1.29 is 14.7 Å². The van der Waals surface area contributed by atoms with Gasteiger partial charge in [-0.25, -0.2) is 9.78 Å². The van der Waals surface area contributed by atoms with Gasteiger partial charge in [-0.05, 0) is 25.2 Å². The van der Waals surface area contributed by atoms with Crippen LogP contribution in [0.5, 0.6) is 0 Å². The maximum Gasteiger partial charge on any atom is 0.360 e. The summed E-state index contributed by atoms with van der Waals surface area (Å²) < 4.78 is 0. The van der Waals surface area contributed by atoms with E-state index >= 15 is 0 Å². The van der Waals surface area contributed by atoms with Crippen molar-refractivity contribution in [3.63, 3.8) is 0 Å². The number of hydrogen-bond acceptors (Lipinski definition) is 6. The lowest BCUT2D eigenvalue weighted by molar-refractivity contribution is -0.129. The third kappa shape index (κ3) is 3.44. The van der Waals surface area contributed by atoms with Gasteiger partial charge in [0.25, 0.3) is 0 Å². The molecule has 2 atom stereocenters. The Kier molecular flexibility index (Phi) is 4.36. The molecule has 3 N–H and O–H groups in total. The smallest absolute Gasteiger partial charge is 0.360 e. The van der Waals surface area contributed by atoms with Crippen molar-refractivity contribution in [1.82, 2.24) is 4.98 Å². The van der Waals surface area contributed by atoms with Crippen molar-refractivity contribution >= 4 is 28.1 Å². The molecule has 1 saturated carbocycles. The van der Waals surface area contributed by atoms with Crippen LogP contribution in [0.25, 0.3) is 0 Å². The maximum atomic E-state index is 11.2. The fraction of sp³-hybridized carbons (Fsp3) is 0.583. The predicted octanol–water partition coefficient (Wildman–Crippen LogP) is 2.11. The summed E-state index contributed by atoms with van der Waals surface area (Å²) in [5.74, 6) is -0.762. The predicted molar refractivity (Wildman–Crippen MR) is 73.2 cm³/mol. The summed E-state index contributed by atoms with van der Waals surface area (Å²) in [5.41, 5.74) is 5.56. The van der Waals surface area contributed by atoms with Gasteiger partial charge in [-0.2, -0.15) is 0 Å². The highest BCUT2D eigenvalue weighted by atomic mass is 32.1. The molecule has 0 aliphatic heterocycles. The molecule has 1 aromatic heterocycles. The van der Waals surface area contributed by atoms with Crippen molar-refractivity contribution in [2.75, 3.05) is 5.73 Å². The minimum absolute atomic E-state index is 0.0147. The number of oxime groups is 1. The van der Waals surface area contributed by atoms with E-state index in [-0.39, 0.29) is 17.5 Å². The highest BCUT2D eigenvalue weighted by Gasteiger charge is 2.24. The van der Waals surface area contributed by atoms with Crippen LogP contribution in [0.4, 0.5) is 5.13 Å². The summed E-state index contributed by atoms with van der Waals surface area (Å²) in [4.78, 5) is 20.5. The molecular weight excluding hydrogens is 266 g/mol. The molecule has 0 amide bonds. The molecule has 1 fully saturated rings. The Morgan fingerprint density at radius 2 is 2.32 bits per heavy atom. The van der Waals surface area contributed by atoms with Crippen LogP contribution in [0.15, 0.2) is 10.5 Å². The number of carbonyl (C=O) groups is 1. The highest BCUT2D eigenvalue weighted by Crippen LogP contribution is 2.26. The first kappa shape index (κ1) is 13.8. The van der Waals surface area contributed by atoms with Crippen molar-refractivity contribution in [3.05, 3.63) is 11.1 Å². The van der Waals surface area contributed by atoms with E-state index in [9.17, 15) is 4.79 Å². The monoisotopic (exact) mass is 283 g/mol. The zero-order valence-electron chi connectivity index (χ0n) is 10.7. The molecule has 1 heterocycles. The van der Waals surface area contributed by atoms with Gasteiger partial charge in [0.2, 0.25) is 5.71 Å². The molecule has 0 bridgehead atoms. The molecule has 0 aromatic carbocycles. The number of carboxylic acid groups (broad SMARTS) is 1. The van der Waals surface area contributed by atoms with Crippen LogP contribution in [0.2, 0.25) is 0 Å². The quantitative estimate of drug-likeness (QED) is 0.651. The largest absolute Gasteiger partial charge is 0.476 e. The number of nitrogens with zero attached hydrogens (tertiary/aromatic N) is 2. The third-order valence-corrected chi connectivity index (χ3v) is 3.95. The molecule has 1 aliphatic carbocycles. The lowest BCUT2D eigenvalue weighted by atomic mass is 9.88. The molecule has 2 unspecified atom stereocenters. The minimum Gasteiger partial charge on any atom is -0.476 e. The van der Waals surface area contributed by atoms with E-state index in [0.717, 1.165) is 19.3 Å². The zero-order chi connectivity index (χ0) is 13.8. The number of aliphatic carboxylic acids is 1. The molecule has 0 saturated heterocycles. The molecule has 2 rings (SSSR count). The van der Waals surface area contributed by atoms with E-state index in [1.807, 2.05) is 0 Å². The first-order chi connectivity index (χ1) is 9.08. The maximum absolute atomic E-state index is 11.2. The number of hydrogen-bond donors (Lipinski definition) is 2. The Hall–Kier alpha value is -1.63. The Balaban J connectivity index is 2.11. The van der Waals surface area contributed by atoms with Gasteiger partial charge < -0.3 is 15.7 Å². The Labute approximate surface area is 115 Å². The Morgan fingerprint density at radius 3 is 2.89 bits per heavy atom. The molecule has 19 heavy (non-hydrogen) atoms. The summed E-state index contributed by atoms with van der Waals surface area (Å²) in [6, 6.07) is 0. The standard InChI is InChI=1S/C12H17N3O3S/c1-7-4-2-3-5-9(7)18-15-10(11(16)17)8-6-19-12(13)14-8/h6-7,9H,2-5H2,1H3,(H2,13,14)(H,16,17). The van der Waals surface area contributed by atoms with Crippen LogP contribution in [0, 0.1) is 5.92 Å². The van der Waals surface area contributed by atoms with Crippen molar-refractivity contribution in [1.29, 1.82) is 0 Å². The minimum atomic E-state index is -1.16. The fourth-order valence-corrected chi connectivity index (χ4v) is 2.70. The third-order valence-electron chi connectivity index (χ3n) is 3.28. The molecule has 6 nitrogen and oxygen atoms in total. The second-order valence-electron chi connectivity index (χ2n) is 4.72. The SMILES string of the molecule is CC1CCCCC1ON=C(C(=O)O)c1csc(N)n1. The van der Waals surface area contributed by atoms with Gasteiger partial charge in [0, 0.05) is 5.38 Å². The number of aromatic nitrogens is 1. The van der Waals surface area contributed by atoms with Crippen LogP contribution in [-0.2, 0) is 9.63 Å². The molecular formula is C12H17N3O3S. The number of nitrogen functional groups attached to an aromatic ring is 1. The first-order valence-electron chi connectivity index (χ1n) is 6.26. The summed E-state index contributed by atoms with van der Waals surface area (Å²) in [7, 11) is 0. The summed E-state index contributed by atoms with van der Waals surface area (Å²) in [5, 5.41) is 14.8. The van der Waals surface area contributed by atoms with E-state index in [0.29, 0.717) is 11.0 Å². The lowest BCUT2D eigenvalue weighted by Crippen LogP contribution is -2.25. The van der Waals surface area contributed by atoms with E-state index in [1.54, 1.807) is 5.38 Å². The average molecular weight is 283 g/mol. The van der Waals surface area contributed by atoms with Gasteiger partial charge in [-0.15, -0.1) is 11.3 Å². The molecule has 1 aromatic rings. The van der Waals surface area contributed by atoms with Crippen LogP contribution in [0.1, 0.15) is 38.3 Å². The number of thiazole rings is 1. The average Bonchev–Trinajstić information content (AvgIpc) is 2.78. The summed E-state index contributed by atoms with van der Waals surface area (Å²) in [6.07, 6.45) is 4.28. The zero-order valence-corrected chi connectivity index (χ0v) is 11.5. The highest BCUT2D eigenvalue weighted by molar-refractivity contribution is 7.13. The normalized spacial score (nSPS) is 24.2. The van der Waals surface area contributed by atoms with E-state index in [4.69, 9.17) is 15.7 Å². The van der Waals surface area contributed by atoms with Gasteiger partial charge in [-0.1, -0.05) is 18.5 Å². The van der Waals surface area contributed by atoms with Crippen LogP contribution in [0.3, 0.4) is 0 Å². The molecule has 0 spiro atoms. The number of nitrogens with two attached hydrogens (primary N) is 1. The molecule has 7 heteroatoms. The topological polar surface area (TPSA) is 97.8 Å². The number of anilines is 1. The molecule has 0 radical (unpaired) electrons. The van der Waals surface area contributed by atoms with Gasteiger partial charge in [0.15, 0.2) is 5.13 Å². The molecule has 1 aliphatic rings. The van der Waals surface area contributed by atoms with Gasteiger partial charge in [-0.3, -0.25) is 0 Å². The summed E-state index contributed by atoms with van der Waals surface area (Å²) in [6.45, 7) is 2.10. The fourth-order valence-electron chi connectivity index (χ4n) is 2.15. The van der Waals surface area contributed by atoms with Crippen molar-refractivity contribution in [2.45, 2.75) is 38.7 Å². The van der Waals surface area contributed by atoms with Crippen molar-refractivity contribution in [2.24, 2.45) is 11.1 Å². The summed E-state index contributed by atoms with van der Waals surface area (Å²) >= 11 is 1.18. The van der Waals surface area contributed by atoms with E-state index in [2.05, 4.69) is 17.1 Å². The van der Waals surface area contributed by atoms with Gasteiger partial charge >= 0.3 is 5.97 Å². The van der Waals surface area contributed by atoms with Crippen LogP contribution in [-0.4, -0.2) is 27.9 Å². The van der Waals surface area contributed by atoms with Crippen LogP contribution >= 0.6 is 11.3 Å². The Morgan fingerprint density at radius 1 is 1.58 bits per heavy atom. The molecule has 104 valence electrons. The second-order valence-corrected chi connectivity index (χ2v) is 5.61. The van der Waals surface area contributed by atoms with E-state index in [1.165, 1.54) is 17.8 Å². The van der Waals surface area contributed by atoms with Gasteiger partial charge in [0.1, 0.15) is 11.8 Å². The lowest BCUT2D eigenvalue weighted by Gasteiger charge is -2.26. The first-order valence-corrected chi connectivity index (χ1v) is 7.14. The number of rotatable bonds is 4. The number of carboxylic acids is 1. The second kappa shape index (κ2) is 6.01. The van der Waals surface area contributed by atoms with Crippen molar-refractivity contribution in [3.8, 4) is 0 Å². The van der Waals surface area contributed by atoms with Gasteiger partial charge in [0.05, 0.1) is 0 Å². The Bertz CT molecular complexity index is 486.